The van der Waals surface area contributed by atoms with E-state index in [1.807, 2.05) is 4.90 Å². The quantitative estimate of drug-likeness (QED) is 0.911. The van der Waals surface area contributed by atoms with E-state index >= 15 is 0 Å². The molecule has 2 unspecified atom stereocenters. The van der Waals surface area contributed by atoms with Gasteiger partial charge in [-0.25, -0.2) is 0 Å². The van der Waals surface area contributed by atoms with Crippen molar-refractivity contribution < 1.29 is 4.79 Å². The van der Waals surface area contributed by atoms with Gasteiger partial charge in [-0.3, -0.25) is 4.79 Å². The third-order valence-corrected chi connectivity index (χ3v) is 6.04. The molecule has 3 nitrogen and oxygen atoms in total. The van der Waals surface area contributed by atoms with Crippen LogP contribution in [0.4, 0.5) is 0 Å². The van der Waals surface area contributed by atoms with E-state index in [0.29, 0.717) is 5.92 Å². The Morgan fingerprint density at radius 3 is 3.00 bits per heavy atom. The number of aryl methyl sites for hydroxylation is 2. The molecule has 1 aromatic heterocycles. The maximum atomic E-state index is 12.7. The number of likely N-dealkylation sites (tertiary alicyclic amines) is 1. The molecule has 3 rings (SSSR count). The Kier molecular flexibility index (Phi) is 4.13. The van der Waals surface area contributed by atoms with Crippen molar-refractivity contribution in [1.82, 2.24) is 4.90 Å². The van der Waals surface area contributed by atoms with E-state index in [0.717, 1.165) is 43.6 Å². The van der Waals surface area contributed by atoms with Crippen molar-refractivity contribution in [2.24, 2.45) is 11.7 Å². The molecule has 2 atom stereocenters. The summed E-state index contributed by atoms with van der Waals surface area (Å²) in [6, 6.07) is 2.41. The maximum Gasteiger partial charge on any atom is 0.263 e. The summed E-state index contributed by atoms with van der Waals surface area (Å²) in [5.74, 6) is 0.692. The molecule has 2 N–H and O–H groups in total. The van der Waals surface area contributed by atoms with Gasteiger partial charge in [-0.2, -0.15) is 0 Å². The number of carbonyl (C=O) groups is 1. The average molecular weight is 292 g/mol. The van der Waals surface area contributed by atoms with Gasteiger partial charge in [0.05, 0.1) is 4.88 Å². The standard InChI is InChI=1S/C16H24N2OS/c1-2-11-10-18(8-7-13(11)17)16(19)15-9-12-5-3-4-6-14(12)20-15/h9,11,13H,2-8,10,17H2,1H3. The van der Waals surface area contributed by atoms with Gasteiger partial charge in [0.15, 0.2) is 0 Å². The Bertz CT molecular complexity index is 473. The number of piperidine rings is 1. The molecule has 20 heavy (non-hydrogen) atoms. The summed E-state index contributed by atoms with van der Waals surface area (Å²) < 4.78 is 0. The minimum Gasteiger partial charge on any atom is -0.338 e. The monoisotopic (exact) mass is 292 g/mol. The molecule has 1 aromatic rings. The number of hydrogen-bond donors (Lipinski definition) is 1. The summed E-state index contributed by atoms with van der Waals surface area (Å²) in [5.41, 5.74) is 7.56. The van der Waals surface area contributed by atoms with Gasteiger partial charge in [0.25, 0.3) is 5.91 Å². The first-order valence-corrected chi connectivity index (χ1v) is 8.67. The average Bonchev–Trinajstić information content (AvgIpc) is 2.91. The van der Waals surface area contributed by atoms with Crippen molar-refractivity contribution in [2.75, 3.05) is 13.1 Å². The molecule has 1 aliphatic heterocycles. The van der Waals surface area contributed by atoms with Crippen molar-refractivity contribution in [3.63, 3.8) is 0 Å². The third kappa shape index (κ3) is 2.63. The van der Waals surface area contributed by atoms with E-state index < -0.39 is 0 Å². The minimum atomic E-state index is 0.231. The molecule has 1 fully saturated rings. The van der Waals surface area contributed by atoms with E-state index in [-0.39, 0.29) is 11.9 Å². The zero-order chi connectivity index (χ0) is 14.1. The number of nitrogens with two attached hydrogens (primary N) is 1. The molecule has 2 heterocycles. The van der Waals surface area contributed by atoms with E-state index in [4.69, 9.17) is 5.73 Å². The summed E-state index contributed by atoms with van der Waals surface area (Å²) in [6.07, 6.45) is 6.87. The van der Waals surface area contributed by atoms with Crippen LogP contribution in [0, 0.1) is 5.92 Å². The van der Waals surface area contributed by atoms with Gasteiger partial charge in [0.2, 0.25) is 0 Å². The van der Waals surface area contributed by atoms with Gasteiger partial charge in [0, 0.05) is 24.0 Å². The van der Waals surface area contributed by atoms with Crippen LogP contribution in [0.25, 0.3) is 0 Å². The highest BCUT2D eigenvalue weighted by molar-refractivity contribution is 7.14. The lowest BCUT2D eigenvalue weighted by atomic mass is 9.90. The van der Waals surface area contributed by atoms with Crippen molar-refractivity contribution in [2.45, 2.75) is 51.5 Å². The van der Waals surface area contributed by atoms with Gasteiger partial charge < -0.3 is 10.6 Å². The molecule has 0 radical (unpaired) electrons. The second kappa shape index (κ2) is 5.86. The largest absolute Gasteiger partial charge is 0.338 e. The Balaban J connectivity index is 1.73. The third-order valence-electron chi connectivity index (χ3n) is 4.81. The number of fused-ring (bicyclic) bond motifs is 1. The summed E-state index contributed by atoms with van der Waals surface area (Å²) in [6.45, 7) is 3.82. The number of nitrogens with zero attached hydrogens (tertiary/aromatic N) is 1. The van der Waals surface area contributed by atoms with Crippen molar-refractivity contribution in [3.8, 4) is 0 Å². The molecule has 0 saturated carbocycles. The number of amides is 1. The highest BCUT2D eigenvalue weighted by Crippen LogP contribution is 2.31. The molecular weight excluding hydrogens is 268 g/mol. The molecule has 0 spiro atoms. The van der Waals surface area contributed by atoms with Crippen LogP contribution in [0.3, 0.4) is 0 Å². The number of hydrogen-bond acceptors (Lipinski definition) is 3. The molecule has 2 aliphatic rings. The molecule has 0 bridgehead atoms. The van der Waals surface area contributed by atoms with Crippen LogP contribution in [0.15, 0.2) is 6.07 Å². The van der Waals surface area contributed by atoms with Crippen molar-refractivity contribution in [3.05, 3.63) is 21.4 Å². The van der Waals surface area contributed by atoms with Gasteiger partial charge in [-0.15, -0.1) is 11.3 Å². The number of rotatable bonds is 2. The van der Waals surface area contributed by atoms with Crippen LogP contribution >= 0.6 is 11.3 Å². The Hall–Kier alpha value is -0.870. The molecule has 1 saturated heterocycles. The van der Waals surface area contributed by atoms with Crippen LogP contribution in [-0.2, 0) is 12.8 Å². The molecule has 1 amide bonds. The molecular formula is C16H24N2OS. The molecule has 1 aliphatic carbocycles. The van der Waals surface area contributed by atoms with Gasteiger partial charge in [-0.1, -0.05) is 13.3 Å². The van der Waals surface area contributed by atoms with Crippen molar-refractivity contribution >= 4 is 17.2 Å². The Morgan fingerprint density at radius 2 is 2.25 bits per heavy atom. The highest BCUT2D eigenvalue weighted by Gasteiger charge is 2.29. The lowest BCUT2D eigenvalue weighted by Crippen LogP contribution is -2.48. The lowest BCUT2D eigenvalue weighted by Gasteiger charge is -2.36. The summed E-state index contributed by atoms with van der Waals surface area (Å²) in [4.78, 5) is 17.1. The van der Waals surface area contributed by atoms with Crippen molar-refractivity contribution in [1.29, 1.82) is 0 Å². The number of thiophene rings is 1. The maximum absolute atomic E-state index is 12.7. The van der Waals surface area contributed by atoms with E-state index in [2.05, 4.69) is 13.0 Å². The van der Waals surface area contributed by atoms with Crippen LogP contribution in [0.2, 0.25) is 0 Å². The van der Waals surface area contributed by atoms with Gasteiger partial charge in [0.1, 0.15) is 0 Å². The smallest absolute Gasteiger partial charge is 0.263 e. The van der Waals surface area contributed by atoms with E-state index in [1.54, 1.807) is 11.3 Å². The van der Waals surface area contributed by atoms with Gasteiger partial charge >= 0.3 is 0 Å². The predicted molar refractivity (Wildman–Crippen MR) is 83.2 cm³/mol. The molecule has 110 valence electrons. The first kappa shape index (κ1) is 14.1. The fraction of sp³-hybridized carbons (Fsp3) is 0.688. The van der Waals surface area contributed by atoms with E-state index in [1.165, 1.54) is 23.3 Å². The predicted octanol–water partition coefficient (Wildman–Crippen LogP) is 2.83. The normalized spacial score (nSPS) is 26.4. The first-order valence-electron chi connectivity index (χ1n) is 7.85. The fourth-order valence-corrected chi connectivity index (χ4v) is 4.64. The topological polar surface area (TPSA) is 46.3 Å². The summed E-state index contributed by atoms with van der Waals surface area (Å²) in [7, 11) is 0. The summed E-state index contributed by atoms with van der Waals surface area (Å²) in [5, 5.41) is 0. The zero-order valence-electron chi connectivity index (χ0n) is 12.2. The lowest BCUT2D eigenvalue weighted by molar-refractivity contribution is 0.0654. The second-order valence-corrected chi connectivity index (χ2v) is 7.27. The van der Waals surface area contributed by atoms with E-state index in [9.17, 15) is 4.79 Å². The highest BCUT2D eigenvalue weighted by atomic mass is 32.1. The molecule has 4 heteroatoms. The van der Waals surface area contributed by atoms with Crippen LogP contribution in [0.5, 0.6) is 0 Å². The first-order chi connectivity index (χ1) is 9.69. The zero-order valence-corrected chi connectivity index (χ0v) is 13.0. The second-order valence-electron chi connectivity index (χ2n) is 6.14. The SMILES string of the molecule is CCC1CN(C(=O)c2cc3c(s2)CCCC3)CCC1N. The Labute approximate surface area is 125 Å². The molecule has 0 aromatic carbocycles. The Morgan fingerprint density at radius 1 is 1.45 bits per heavy atom. The van der Waals surface area contributed by atoms with Gasteiger partial charge in [-0.05, 0) is 49.7 Å². The van der Waals surface area contributed by atoms with Crippen LogP contribution in [-0.4, -0.2) is 29.9 Å². The minimum absolute atomic E-state index is 0.231. The van der Waals surface area contributed by atoms with Crippen LogP contribution in [0.1, 0.15) is 52.7 Å². The summed E-state index contributed by atoms with van der Waals surface area (Å²) >= 11 is 1.72. The van der Waals surface area contributed by atoms with Crippen LogP contribution < -0.4 is 5.73 Å². The number of carbonyl (C=O) groups excluding carboxylic acids is 1. The fourth-order valence-electron chi connectivity index (χ4n) is 3.42.